The van der Waals surface area contributed by atoms with Crippen molar-refractivity contribution < 1.29 is 9.90 Å². The predicted octanol–water partition coefficient (Wildman–Crippen LogP) is 2.13. The SMILES string of the molecule is CCC(C(=O)O)C1Cc2ccccc2N1. The molecule has 0 aromatic heterocycles. The van der Waals surface area contributed by atoms with Crippen LogP contribution in [-0.4, -0.2) is 17.1 Å². The standard InChI is InChI=1S/C12H15NO2/c1-2-9(12(14)15)11-7-8-5-3-4-6-10(8)13-11/h3-6,9,11,13H,2,7H2,1H3,(H,14,15). The first-order valence-corrected chi connectivity index (χ1v) is 5.29. The molecule has 0 saturated carbocycles. The van der Waals surface area contributed by atoms with Gasteiger partial charge in [0.05, 0.1) is 5.92 Å². The summed E-state index contributed by atoms with van der Waals surface area (Å²) in [7, 11) is 0. The molecule has 1 aromatic rings. The summed E-state index contributed by atoms with van der Waals surface area (Å²) < 4.78 is 0. The van der Waals surface area contributed by atoms with Gasteiger partial charge in [0.15, 0.2) is 0 Å². The minimum atomic E-state index is -0.706. The lowest BCUT2D eigenvalue weighted by atomic mass is 9.94. The van der Waals surface area contributed by atoms with E-state index < -0.39 is 5.97 Å². The molecule has 0 amide bonds. The van der Waals surface area contributed by atoms with Crippen molar-refractivity contribution in [2.24, 2.45) is 5.92 Å². The molecule has 0 bridgehead atoms. The molecule has 2 rings (SSSR count). The van der Waals surface area contributed by atoms with E-state index in [1.54, 1.807) is 0 Å². The highest BCUT2D eigenvalue weighted by Gasteiger charge is 2.31. The number of para-hydroxylation sites is 1. The van der Waals surface area contributed by atoms with Gasteiger partial charge in [-0.2, -0.15) is 0 Å². The fraction of sp³-hybridized carbons (Fsp3) is 0.417. The van der Waals surface area contributed by atoms with Crippen LogP contribution in [0.4, 0.5) is 5.69 Å². The van der Waals surface area contributed by atoms with Gasteiger partial charge in [-0.05, 0) is 24.5 Å². The Kier molecular flexibility index (Phi) is 2.62. The van der Waals surface area contributed by atoms with Crippen molar-refractivity contribution >= 4 is 11.7 Å². The van der Waals surface area contributed by atoms with Gasteiger partial charge in [-0.25, -0.2) is 0 Å². The zero-order chi connectivity index (χ0) is 10.8. The van der Waals surface area contributed by atoms with Gasteiger partial charge >= 0.3 is 5.97 Å². The number of benzene rings is 1. The first-order chi connectivity index (χ1) is 7.22. The summed E-state index contributed by atoms with van der Waals surface area (Å²) in [6.07, 6.45) is 1.49. The molecule has 3 nitrogen and oxygen atoms in total. The van der Waals surface area contributed by atoms with Crippen molar-refractivity contribution in [3.05, 3.63) is 29.8 Å². The Hall–Kier alpha value is -1.51. The molecule has 0 aliphatic carbocycles. The van der Waals surface area contributed by atoms with Crippen LogP contribution in [0, 0.1) is 5.92 Å². The van der Waals surface area contributed by atoms with Crippen LogP contribution in [0.2, 0.25) is 0 Å². The smallest absolute Gasteiger partial charge is 0.308 e. The Morgan fingerprint density at radius 1 is 1.60 bits per heavy atom. The maximum Gasteiger partial charge on any atom is 0.308 e. The number of hydrogen-bond donors (Lipinski definition) is 2. The first kappa shape index (κ1) is 10.0. The minimum absolute atomic E-state index is 0.0462. The summed E-state index contributed by atoms with van der Waals surface area (Å²) in [5, 5.41) is 12.4. The van der Waals surface area contributed by atoms with E-state index in [0.717, 1.165) is 12.1 Å². The zero-order valence-corrected chi connectivity index (χ0v) is 8.73. The summed E-state index contributed by atoms with van der Waals surface area (Å²) in [6, 6.07) is 8.06. The van der Waals surface area contributed by atoms with Crippen LogP contribution < -0.4 is 5.32 Å². The van der Waals surface area contributed by atoms with E-state index in [0.29, 0.717) is 6.42 Å². The molecule has 15 heavy (non-hydrogen) atoms. The summed E-state index contributed by atoms with van der Waals surface area (Å²) in [4.78, 5) is 11.0. The van der Waals surface area contributed by atoms with Crippen molar-refractivity contribution in [2.75, 3.05) is 5.32 Å². The van der Waals surface area contributed by atoms with E-state index in [9.17, 15) is 4.79 Å². The van der Waals surface area contributed by atoms with Crippen molar-refractivity contribution in [1.29, 1.82) is 0 Å². The normalized spacial score (nSPS) is 20.5. The summed E-state index contributed by atoms with van der Waals surface area (Å²) in [5.41, 5.74) is 2.31. The fourth-order valence-corrected chi connectivity index (χ4v) is 2.20. The second-order valence-corrected chi connectivity index (χ2v) is 3.97. The minimum Gasteiger partial charge on any atom is -0.481 e. The van der Waals surface area contributed by atoms with Crippen molar-refractivity contribution in [3.8, 4) is 0 Å². The van der Waals surface area contributed by atoms with Crippen LogP contribution in [0.25, 0.3) is 0 Å². The number of nitrogens with one attached hydrogen (secondary N) is 1. The third kappa shape index (κ3) is 1.82. The van der Waals surface area contributed by atoms with E-state index in [1.165, 1.54) is 5.56 Å². The van der Waals surface area contributed by atoms with Crippen molar-refractivity contribution in [1.82, 2.24) is 0 Å². The van der Waals surface area contributed by atoms with Gasteiger partial charge in [-0.1, -0.05) is 25.1 Å². The summed E-state index contributed by atoms with van der Waals surface area (Å²) in [5.74, 6) is -1.000. The molecule has 1 heterocycles. The molecular formula is C12H15NO2. The number of fused-ring (bicyclic) bond motifs is 1. The predicted molar refractivity (Wildman–Crippen MR) is 59.0 cm³/mol. The lowest BCUT2D eigenvalue weighted by molar-refractivity contribution is -0.142. The van der Waals surface area contributed by atoms with Crippen LogP contribution >= 0.6 is 0 Å². The number of aliphatic carboxylic acids is 1. The van der Waals surface area contributed by atoms with Gasteiger partial charge in [0.25, 0.3) is 0 Å². The highest BCUT2D eigenvalue weighted by Crippen LogP contribution is 2.29. The molecule has 0 spiro atoms. The summed E-state index contributed by atoms with van der Waals surface area (Å²) in [6.45, 7) is 1.92. The molecule has 3 heteroatoms. The second-order valence-electron chi connectivity index (χ2n) is 3.97. The van der Waals surface area contributed by atoms with Gasteiger partial charge in [0.1, 0.15) is 0 Å². The number of hydrogen-bond acceptors (Lipinski definition) is 2. The second kappa shape index (κ2) is 3.93. The number of carboxylic acids is 1. The Labute approximate surface area is 89.1 Å². The van der Waals surface area contributed by atoms with Gasteiger partial charge in [-0.15, -0.1) is 0 Å². The van der Waals surface area contributed by atoms with E-state index in [-0.39, 0.29) is 12.0 Å². The van der Waals surface area contributed by atoms with Crippen LogP contribution in [0.3, 0.4) is 0 Å². The number of carboxylic acid groups (broad SMARTS) is 1. The highest BCUT2D eigenvalue weighted by atomic mass is 16.4. The fourth-order valence-electron chi connectivity index (χ4n) is 2.20. The molecule has 1 aliphatic heterocycles. The lowest BCUT2D eigenvalue weighted by Gasteiger charge is -2.18. The number of rotatable bonds is 3. The quantitative estimate of drug-likeness (QED) is 0.794. The Bertz CT molecular complexity index is 351. The average molecular weight is 205 g/mol. The molecule has 2 atom stereocenters. The van der Waals surface area contributed by atoms with E-state index in [1.807, 2.05) is 25.1 Å². The van der Waals surface area contributed by atoms with Crippen LogP contribution in [0.15, 0.2) is 24.3 Å². The lowest BCUT2D eigenvalue weighted by Crippen LogP contribution is -2.32. The molecule has 2 unspecified atom stereocenters. The van der Waals surface area contributed by atoms with Crippen LogP contribution in [-0.2, 0) is 11.2 Å². The highest BCUT2D eigenvalue weighted by molar-refractivity contribution is 5.73. The van der Waals surface area contributed by atoms with Gasteiger partial charge < -0.3 is 10.4 Å². The topological polar surface area (TPSA) is 49.3 Å². The Balaban J connectivity index is 2.15. The molecule has 0 fully saturated rings. The van der Waals surface area contributed by atoms with Gasteiger partial charge in [0.2, 0.25) is 0 Å². The number of carbonyl (C=O) groups is 1. The zero-order valence-electron chi connectivity index (χ0n) is 8.73. The maximum atomic E-state index is 11.0. The maximum absolute atomic E-state index is 11.0. The molecule has 1 aromatic carbocycles. The van der Waals surface area contributed by atoms with E-state index in [2.05, 4.69) is 11.4 Å². The molecule has 0 radical (unpaired) electrons. The third-order valence-electron chi connectivity index (χ3n) is 3.04. The van der Waals surface area contributed by atoms with Crippen LogP contribution in [0.5, 0.6) is 0 Å². The van der Waals surface area contributed by atoms with E-state index >= 15 is 0 Å². The largest absolute Gasteiger partial charge is 0.481 e. The molecule has 2 N–H and O–H groups in total. The average Bonchev–Trinajstić information content (AvgIpc) is 2.61. The van der Waals surface area contributed by atoms with Crippen LogP contribution in [0.1, 0.15) is 18.9 Å². The van der Waals surface area contributed by atoms with E-state index in [4.69, 9.17) is 5.11 Å². The number of anilines is 1. The van der Waals surface area contributed by atoms with Gasteiger partial charge in [0, 0.05) is 11.7 Å². The Morgan fingerprint density at radius 2 is 2.33 bits per heavy atom. The van der Waals surface area contributed by atoms with Gasteiger partial charge in [-0.3, -0.25) is 4.79 Å². The Morgan fingerprint density at radius 3 is 2.93 bits per heavy atom. The molecule has 0 saturated heterocycles. The third-order valence-corrected chi connectivity index (χ3v) is 3.04. The first-order valence-electron chi connectivity index (χ1n) is 5.29. The van der Waals surface area contributed by atoms with Crippen molar-refractivity contribution in [3.63, 3.8) is 0 Å². The monoisotopic (exact) mass is 205 g/mol. The molecular weight excluding hydrogens is 190 g/mol. The molecule has 1 aliphatic rings. The summed E-state index contributed by atoms with van der Waals surface area (Å²) >= 11 is 0. The molecule has 80 valence electrons. The van der Waals surface area contributed by atoms with Crippen molar-refractivity contribution in [2.45, 2.75) is 25.8 Å².